The van der Waals surface area contributed by atoms with Crippen molar-refractivity contribution in [3.8, 4) is 22.3 Å². The molecule has 0 amide bonds. The zero-order chi connectivity index (χ0) is 30.2. The van der Waals surface area contributed by atoms with E-state index in [9.17, 15) is 0 Å². The normalized spacial score (nSPS) is 18.7. The summed E-state index contributed by atoms with van der Waals surface area (Å²) in [5.74, 6) is 1.75. The summed E-state index contributed by atoms with van der Waals surface area (Å²) in [4.78, 5) is 19.7. The minimum absolute atomic E-state index is 0.318. The zero-order valence-electron chi connectivity index (χ0n) is 24.9. The molecule has 8 aromatic heterocycles. The Kier molecular flexibility index (Phi) is 5.55. The summed E-state index contributed by atoms with van der Waals surface area (Å²) >= 11 is 0. The highest BCUT2D eigenvalue weighted by Gasteiger charge is 2.29. The lowest BCUT2D eigenvalue weighted by molar-refractivity contribution is 0.742. The number of aromatic nitrogens is 10. The van der Waals surface area contributed by atoms with Gasteiger partial charge in [0.2, 0.25) is 0 Å². The SMILES string of the molecule is c1cnn2ncc(-c3ccnc4[nH]c([C@@H]5CCN(c6cc(-c7cnn8ncccc78)c7cc([C@H]8CCNC8)[nH]c7n6)C5)cc34)c2c1. The smallest absolute Gasteiger partial charge is 0.140 e. The van der Waals surface area contributed by atoms with E-state index in [1.807, 2.05) is 36.8 Å². The number of anilines is 1. The lowest BCUT2D eigenvalue weighted by Crippen LogP contribution is -2.20. The van der Waals surface area contributed by atoms with Crippen molar-refractivity contribution in [2.24, 2.45) is 0 Å². The number of rotatable bonds is 5. The third-order valence-electron chi connectivity index (χ3n) is 9.80. The average molecular weight is 607 g/mol. The molecule has 12 heteroatoms. The number of nitrogens with zero attached hydrogens (tertiary/aromatic N) is 9. The highest BCUT2D eigenvalue weighted by atomic mass is 15.4. The predicted octanol–water partition coefficient (Wildman–Crippen LogP) is 4.93. The number of hydrogen-bond donors (Lipinski definition) is 3. The summed E-state index contributed by atoms with van der Waals surface area (Å²) in [7, 11) is 0. The first kappa shape index (κ1) is 25.7. The number of aromatic amines is 2. The van der Waals surface area contributed by atoms with Crippen LogP contribution in [0.15, 0.2) is 79.5 Å². The van der Waals surface area contributed by atoms with Gasteiger partial charge in [0, 0.05) is 88.9 Å². The molecule has 10 rings (SSSR count). The molecule has 2 saturated heterocycles. The van der Waals surface area contributed by atoms with Crippen LogP contribution in [0.2, 0.25) is 0 Å². The Morgan fingerprint density at radius 1 is 0.674 bits per heavy atom. The molecule has 0 aliphatic carbocycles. The molecule has 0 aromatic carbocycles. The van der Waals surface area contributed by atoms with Crippen molar-refractivity contribution in [2.45, 2.75) is 24.7 Å². The van der Waals surface area contributed by atoms with Crippen molar-refractivity contribution < 1.29 is 0 Å². The van der Waals surface area contributed by atoms with Gasteiger partial charge in [0.05, 0.1) is 23.4 Å². The minimum atomic E-state index is 0.318. The maximum absolute atomic E-state index is 5.22. The van der Waals surface area contributed by atoms with Crippen molar-refractivity contribution in [1.29, 1.82) is 0 Å². The molecule has 12 nitrogen and oxygen atoms in total. The largest absolute Gasteiger partial charge is 0.356 e. The molecule has 0 unspecified atom stereocenters. The van der Waals surface area contributed by atoms with Crippen LogP contribution >= 0.6 is 0 Å². The molecular formula is C34H30N12. The molecule has 0 saturated carbocycles. The van der Waals surface area contributed by atoms with Crippen LogP contribution < -0.4 is 10.2 Å². The topological polar surface area (TPSA) is 133 Å². The Bertz CT molecular complexity index is 2410. The Balaban J connectivity index is 1.02. The van der Waals surface area contributed by atoms with E-state index in [4.69, 9.17) is 4.98 Å². The summed E-state index contributed by atoms with van der Waals surface area (Å²) in [6.07, 6.45) is 11.3. The number of pyridine rings is 2. The molecule has 3 N–H and O–H groups in total. The standard InChI is InChI=1S/C34H30N12/c1-3-30-26(17-39-45(30)37-8-1)22-6-11-36-33-24(22)13-29(41-33)21-7-12-44(19-21)32-15-23(27-18-40-46-31(27)4-2-9-38-46)25-14-28(42-34(25)43-32)20-5-10-35-16-20/h1-4,6,8-9,11,13-15,17-18,20-21,35H,5,7,10,12,16,19H2,(H,36,41)(H,42,43)/t20-,21+/m0/s1. The van der Waals surface area contributed by atoms with E-state index >= 15 is 0 Å². The second-order valence-electron chi connectivity index (χ2n) is 12.4. The van der Waals surface area contributed by atoms with Gasteiger partial charge < -0.3 is 20.2 Å². The molecule has 0 radical (unpaired) electrons. The maximum atomic E-state index is 5.22. The Morgan fingerprint density at radius 3 is 2.15 bits per heavy atom. The summed E-state index contributed by atoms with van der Waals surface area (Å²) in [6.45, 7) is 3.80. The first-order valence-electron chi connectivity index (χ1n) is 15.8. The van der Waals surface area contributed by atoms with Gasteiger partial charge in [-0.25, -0.2) is 9.97 Å². The molecule has 46 heavy (non-hydrogen) atoms. The van der Waals surface area contributed by atoms with E-state index in [0.29, 0.717) is 11.8 Å². The van der Waals surface area contributed by atoms with Crippen LogP contribution in [-0.2, 0) is 0 Å². The van der Waals surface area contributed by atoms with Crippen molar-refractivity contribution in [3.05, 3.63) is 90.9 Å². The van der Waals surface area contributed by atoms with Crippen LogP contribution in [0, 0.1) is 0 Å². The molecule has 226 valence electrons. The number of nitrogens with one attached hydrogen (secondary N) is 3. The fourth-order valence-corrected chi connectivity index (χ4v) is 7.44. The Hall–Kier alpha value is -5.62. The predicted molar refractivity (Wildman–Crippen MR) is 176 cm³/mol. The molecule has 0 spiro atoms. The molecule has 2 aliphatic rings. The Labute approximate surface area is 262 Å². The molecular weight excluding hydrogens is 576 g/mol. The van der Waals surface area contributed by atoms with Crippen molar-refractivity contribution in [1.82, 2.24) is 54.9 Å². The van der Waals surface area contributed by atoms with Gasteiger partial charge in [-0.15, -0.1) is 0 Å². The summed E-state index contributed by atoms with van der Waals surface area (Å²) in [5, 5.41) is 23.5. The first-order chi connectivity index (χ1) is 22.8. The van der Waals surface area contributed by atoms with Gasteiger partial charge in [-0.2, -0.15) is 29.7 Å². The number of hydrogen-bond acceptors (Lipinski definition) is 8. The maximum Gasteiger partial charge on any atom is 0.140 e. The third kappa shape index (κ3) is 3.96. The van der Waals surface area contributed by atoms with E-state index in [-0.39, 0.29) is 0 Å². The van der Waals surface area contributed by atoms with Gasteiger partial charge in [0.25, 0.3) is 0 Å². The Morgan fingerprint density at radius 2 is 1.39 bits per heavy atom. The van der Waals surface area contributed by atoms with Gasteiger partial charge in [-0.1, -0.05) is 0 Å². The van der Waals surface area contributed by atoms with Crippen LogP contribution in [0.4, 0.5) is 5.82 Å². The summed E-state index contributed by atoms with van der Waals surface area (Å²) in [5.41, 5.74) is 10.5. The highest BCUT2D eigenvalue weighted by molar-refractivity contribution is 6.00. The van der Waals surface area contributed by atoms with E-state index in [1.54, 1.807) is 21.7 Å². The monoisotopic (exact) mass is 606 g/mol. The molecule has 8 aromatic rings. The van der Waals surface area contributed by atoms with Crippen LogP contribution in [0.1, 0.15) is 36.1 Å². The highest BCUT2D eigenvalue weighted by Crippen LogP contribution is 2.39. The van der Waals surface area contributed by atoms with E-state index in [2.05, 4.69) is 75.9 Å². The minimum Gasteiger partial charge on any atom is -0.356 e. The molecule has 2 aliphatic heterocycles. The van der Waals surface area contributed by atoms with E-state index < -0.39 is 0 Å². The molecule has 2 fully saturated rings. The van der Waals surface area contributed by atoms with Crippen molar-refractivity contribution in [2.75, 3.05) is 31.1 Å². The van der Waals surface area contributed by atoms with Gasteiger partial charge >= 0.3 is 0 Å². The van der Waals surface area contributed by atoms with Crippen molar-refractivity contribution >= 4 is 38.9 Å². The molecule has 0 bridgehead atoms. The lowest BCUT2D eigenvalue weighted by Gasteiger charge is -2.18. The number of fused-ring (bicyclic) bond motifs is 4. The van der Waals surface area contributed by atoms with Gasteiger partial charge in [0.1, 0.15) is 17.1 Å². The average Bonchev–Trinajstić information content (AvgIpc) is 3.94. The van der Waals surface area contributed by atoms with Gasteiger partial charge in [-0.3, -0.25) is 0 Å². The lowest BCUT2D eigenvalue weighted by atomic mass is 10.0. The van der Waals surface area contributed by atoms with E-state index in [1.165, 1.54) is 11.4 Å². The zero-order valence-corrected chi connectivity index (χ0v) is 24.9. The summed E-state index contributed by atoms with van der Waals surface area (Å²) < 4.78 is 3.37. The second kappa shape index (κ2) is 9.94. The number of H-pyrrole nitrogens is 2. The molecule has 10 heterocycles. The fraction of sp³-hybridized carbons (Fsp3) is 0.235. The van der Waals surface area contributed by atoms with Gasteiger partial charge in [0.15, 0.2) is 0 Å². The second-order valence-corrected chi connectivity index (χ2v) is 12.4. The summed E-state index contributed by atoms with van der Waals surface area (Å²) in [6, 6.07) is 16.9. The van der Waals surface area contributed by atoms with Crippen LogP contribution in [-0.4, -0.2) is 75.8 Å². The van der Waals surface area contributed by atoms with Crippen LogP contribution in [0.3, 0.4) is 0 Å². The first-order valence-corrected chi connectivity index (χ1v) is 15.8. The van der Waals surface area contributed by atoms with Crippen molar-refractivity contribution in [3.63, 3.8) is 0 Å². The third-order valence-corrected chi connectivity index (χ3v) is 9.80. The molecule has 2 atom stereocenters. The van der Waals surface area contributed by atoms with Crippen LogP contribution in [0.25, 0.3) is 55.4 Å². The van der Waals surface area contributed by atoms with Crippen LogP contribution in [0.5, 0.6) is 0 Å². The quantitative estimate of drug-likeness (QED) is 0.251. The van der Waals surface area contributed by atoms with Gasteiger partial charge in [-0.05, 0) is 73.5 Å². The van der Waals surface area contributed by atoms with E-state index in [0.717, 1.165) is 100 Å². The fourth-order valence-electron chi connectivity index (χ4n) is 7.44.